The van der Waals surface area contributed by atoms with Gasteiger partial charge in [0.1, 0.15) is 0 Å². The molecule has 0 spiro atoms. The first-order valence-corrected chi connectivity index (χ1v) is 11.1. The standard InChI is InChI=1S/C23H21N3O3S/c27-23-15-20(16-25-23)19-6-8-22(9-7-19)30(28,29)26-21-3-1-2-18(14-21)5-4-17-10-12-24-13-11-17/h1-14,20,26H,15-16H2,(H,25,27)/b5-4+/t20-/m0/s1. The van der Waals surface area contributed by atoms with Crippen LogP contribution in [-0.2, 0) is 14.8 Å². The van der Waals surface area contributed by atoms with E-state index in [1.54, 1.807) is 54.9 Å². The van der Waals surface area contributed by atoms with E-state index in [2.05, 4.69) is 15.0 Å². The Morgan fingerprint density at radius 3 is 2.40 bits per heavy atom. The molecule has 1 atom stereocenters. The maximum atomic E-state index is 12.8. The molecule has 0 aliphatic carbocycles. The first kappa shape index (κ1) is 19.8. The zero-order valence-corrected chi connectivity index (χ0v) is 17.0. The fourth-order valence-electron chi connectivity index (χ4n) is 3.35. The van der Waals surface area contributed by atoms with Crippen molar-refractivity contribution >= 4 is 33.8 Å². The maximum Gasteiger partial charge on any atom is 0.261 e. The van der Waals surface area contributed by atoms with E-state index in [4.69, 9.17) is 0 Å². The third kappa shape index (κ3) is 4.75. The number of pyridine rings is 1. The van der Waals surface area contributed by atoms with E-state index in [1.807, 2.05) is 30.4 Å². The van der Waals surface area contributed by atoms with E-state index in [0.29, 0.717) is 18.7 Å². The van der Waals surface area contributed by atoms with Crippen LogP contribution in [0.4, 0.5) is 5.69 Å². The molecule has 1 aliphatic heterocycles. The predicted octanol–water partition coefficient (Wildman–Crippen LogP) is 3.66. The van der Waals surface area contributed by atoms with Gasteiger partial charge in [-0.05, 0) is 53.1 Å². The molecule has 1 amide bonds. The van der Waals surface area contributed by atoms with Gasteiger partial charge in [-0.1, -0.05) is 36.4 Å². The van der Waals surface area contributed by atoms with Crippen molar-refractivity contribution in [3.8, 4) is 0 Å². The van der Waals surface area contributed by atoms with Gasteiger partial charge in [-0.15, -0.1) is 0 Å². The lowest BCUT2D eigenvalue weighted by Gasteiger charge is -2.11. The van der Waals surface area contributed by atoms with Gasteiger partial charge in [0.05, 0.1) is 4.90 Å². The van der Waals surface area contributed by atoms with Gasteiger partial charge in [0.2, 0.25) is 5.91 Å². The van der Waals surface area contributed by atoms with Crippen LogP contribution in [0.3, 0.4) is 0 Å². The predicted molar refractivity (Wildman–Crippen MR) is 117 cm³/mol. The number of nitrogens with zero attached hydrogens (tertiary/aromatic N) is 1. The number of amides is 1. The van der Waals surface area contributed by atoms with Gasteiger partial charge in [0.25, 0.3) is 10.0 Å². The molecule has 2 N–H and O–H groups in total. The summed E-state index contributed by atoms with van der Waals surface area (Å²) in [4.78, 5) is 15.6. The highest BCUT2D eigenvalue weighted by Gasteiger charge is 2.23. The number of aromatic nitrogens is 1. The minimum Gasteiger partial charge on any atom is -0.355 e. The van der Waals surface area contributed by atoms with Crippen molar-refractivity contribution in [2.45, 2.75) is 17.2 Å². The third-order valence-corrected chi connectivity index (χ3v) is 6.35. The number of sulfonamides is 1. The topological polar surface area (TPSA) is 88.2 Å². The smallest absolute Gasteiger partial charge is 0.261 e. The largest absolute Gasteiger partial charge is 0.355 e. The summed E-state index contributed by atoms with van der Waals surface area (Å²) in [6, 6.07) is 17.7. The zero-order valence-electron chi connectivity index (χ0n) is 16.2. The van der Waals surface area contributed by atoms with E-state index >= 15 is 0 Å². The van der Waals surface area contributed by atoms with Crippen molar-refractivity contribution < 1.29 is 13.2 Å². The molecule has 1 aliphatic rings. The SMILES string of the molecule is O=C1C[C@H](c2ccc(S(=O)(=O)Nc3cccc(/C=C/c4ccncc4)c3)cc2)CN1. The highest BCUT2D eigenvalue weighted by atomic mass is 32.2. The molecule has 1 fully saturated rings. The third-order valence-electron chi connectivity index (χ3n) is 4.95. The molecule has 7 heteroatoms. The molecule has 4 rings (SSSR count). The molecule has 3 aromatic rings. The molecule has 1 saturated heterocycles. The van der Waals surface area contributed by atoms with Crippen molar-refractivity contribution in [2.24, 2.45) is 0 Å². The van der Waals surface area contributed by atoms with Crippen molar-refractivity contribution in [3.05, 3.63) is 89.7 Å². The first-order valence-electron chi connectivity index (χ1n) is 9.57. The summed E-state index contributed by atoms with van der Waals surface area (Å²) in [5, 5.41) is 2.79. The number of rotatable bonds is 6. The van der Waals surface area contributed by atoms with E-state index in [1.165, 1.54) is 0 Å². The maximum absolute atomic E-state index is 12.8. The minimum absolute atomic E-state index is 0.0243. The van der Waals surface area contributed by atoms with Crippen molar-refractivity contribution in [3.63, 3.8) is 0 Å². The summed E-state index contributed by atoms with van der Waals surface area (Å²) < 4.78 is 28.2. The van der Waals surface area contributed by atoms with Crippen LogP contribution in [0.1, 0.15) is 29.0 Å². The number of hydrogen-bond acceptors (Lipinski definition) is 4. The zero-order chi connectivity index (χ0) is 21.0. The molecule has 2 aromatic carbocycles. The molecule has 152 valence electrons. The van der Waals surface area contributed by atoms with Crippen LogP contribution in [0.25, 0.3) is 12.2 Å². The van der Waals surface area contributed by atoms with Crippen molar-refractivity contribution in [2.75, 3.05) is 11.3 Å². The van der Waals surface area contributed by atoms with E-state index in [9.17, 15) is 13.2 Å². The monoisotopic (exact) mass is 419 g/mol. The summed E-state index contributed by atoms with van der Waals surface area (Å²) in [6.07, 6.45) is 7.73. The fourth-order valence-corrected chi connectivity index (χ4v) is 4.40. The molecular weight excluding hydrogens is 398 g/mol. The second-order valence-corrected chi connectivity index (χ2v) is 8.80. The van der Waals surface area contributed by atoms with Crippen LogP contribution >= 0.6 is 0 Å². The van der Waals surface area contributed by atoms with Crippen LogP contribution in [0.2, 0.25) is 0 Å². The molecule has 0 saturated carbocycles. The van der Waals surface area contributed by atoms with Gasteiger partial charge >= 0.3 is 0 Å². The van der Waals surface area contributed by atoms with E-state index in [0.717, 1.165) is 16.7 Å². The Morgan fingerprint density at radius 2 is 1.70 bits per heavy atom. The molecule has 2 heterocycles. The number of carbonyl (C=O) groups is 1. The quantitative estimate of drug-likeness (QED) is 0.638. The van der Waals surface area contributed by atoms with Gasteiger partial charge in [0.15, 0.2) is 0 Å². The lowest BCUT2D eigenvalue weighted by atomic mass is 9.99. The number of carbonyl (C=O) groups excluding carboxylic acids is 1. The Morgan fingerprint density at radius 1 is 0.967 bits per heavy atom. The molecule has 30 heavy (non-hydrogen) atoms. The summed E-state index contributed by atoms with van der Waals surface area (Å²) in [7, 11) is -3.71. The van der Waals surface area contributed by atoms with Crippen LogP contribution < -0.4 is 10.0 Å². The van der Waals surface area contributed by atoms with Gasteiger partial charge in [-0.25, -0.2) is 8.42 Å². The second kappa shape index (κ2) is 8.51. The van der Waals surface area contributed by atoms with Crippen molar-refractivity contribution in [1.29, 1.82) is 0 Å². The van der Waals surface area contributed by atoms with Crippen LogP contribution in [0, 0.1) is 0 Å². The molecule has 6 nitrogen and oxygen atoms in total. The molecule has 0 radical (unpaired) electrons. The van der Waals surface area contributed by atoms with Crippen LogP contribution in [0.5, 0.6) is 0 Å². The van der Waals surface area contributed by atoms with Gasteiger partial charge < -0.3 is 5.32 Å². The van der Waals surface area contributed by atoms with Gasteiger partial charge in [0, 0.05) is 37.0 Å². The average molecular weight is 420 g/mol. The average Bonchev–Trinajstić information content (AvgIpc) is 3.19. The number of benzene rings is 2. The normalized spacial score (nSPS) is 16.5. The van der Waals surface area contributed by atoms with Crippen LogP contribution in [0.15, 0.2) is 78.0 Å². The first-order chi connectivity index (χ1) is 14.5. The fraction of sp³-hybridized carbons (Fsp3) is 0.130. The number of nitrogens with one attached hydrogen (secondary N) is 2. The lowest BCUT2D eigenvalue weighted by Crippen LogP contribution is -2.14. The second-order valence-electron chi connectivity index (χ2n) is 7.12. The Kier molecular flexibility index (Phi) is 5.63. The summed E-state index contributed by atoms with van der Waals surface area (Å²) in [5.41, 5.74) is 3.33. The van der Waals surface area contributed by atoms with Crippen molar-refractivity contribution in [1.82, 2.24) is 10.3 Å². The minimum atomic E-state index is -3.71. The summed E-state index contributed by atoms with van der Waals surface area (Å²) >= 11 is 0. The lowest BCUT2D eigenvalue weighted by molar-refractivity contribution is -0.119. The van der Waals surface area contributed by atoms with Crippen LogP contribution in [-0.4, -0.2) is 25.9 Å². The molecular formula is C23H21N3O3S. The summed E-state index contributed by atoms with van der Waals surface area (Å²) in [5.74, 6) is 0.113. The molecule has 0 bridgehead atoms. The highest BCUT2D eigenvalue weighted by Crippen LogP contribution is 2.25. The Balaban J connectivity index is 1.48. The Labute approximate surface area is 175 Å². The van der Waals surface area contributed by atoms with Gasteiger partial charge in [-0.3, -0.25) is 14.5 Å². The Hall–Kier alpha value is -3.45. The molecule has 0 unspecified atom stereocenters. The molecule has 1 aromatic heterocycles. The Bertz CT molecular complexity index is 1170. The number of anilines is 1. The summed E-state index contributed by atoms with van der Waals surface area (Å²) in [6.45, 7) is 0.586. The number of hydrogen-bond donors (Lipinski definition) is 2. The van der Waals surface area contributed by atoms with Gasteiger partial charge in [-0.2, -0.15) is 0 Å². The highest BCUT2D eigenvalue weighted by molar-refractivity contribution is 7.92. The van der Waals surface area contributed by atoms with E-state index in [-0.39, 0.29) is 16.7 Å². The van der Waals surface area contributed by atoms with E-state index < -0.39 is 10.0 Å².